The average Bonchev–Trinajstić information content (AvgIpc) is 2.68. The van der Waals surface area contributed by atoms with Crippen LogP contribution in [0.2, 0.25) is 0 Å². The molecule has 1 aromatic rings. The van der Waals surface area contributed by atoms with Gasteiger partial charge in [-0.2, -0.15) is 0 Å². The molecule has 0 saturated carbocycles. The summed E-state index contributed by atoms with van der Waals surface area (Å²) in [7, 11) is 0. The fraction of sp³-hybridized carbons (Fsp3) is 0.500. The van der Waals surface area contributed by atoms with Crippen molar-refractivity contribution in [3.63, 3.8) is 0 Å². The van der Waals surface area contributed by atoms with E-state index < -0.39 is 0 Å². The Labute approximate surface area is 114 Å². The molecule has 19 heavy (non-hydrogen) atoms. The molecule has 0 atom stereocenters. The molecule has 0 bridgehead atoms. The number of rotatable bonds is 4. The van der Waals surface area contributed by atoms with Crippen molar-refractivity contribution in [1.29, 1.82) is 0 Å². The second-order valence-electron chi connectivity index (χ2n) is 4.89. The molecule has 0 fully saturated rings. The van der Waals surface area contributed by atoms with E-state index in [1.165, 1.54) is 24.8 Å². The molecular formula is C16H21NO2. The van der Waals surface area contributed by atoms with Gasteiger partial charge in [-0.05, 0) is 55.4 Å². The van der Waals surface area contributed by atoms with Crippen molar-refractivity contribution < 1.29 is 9.53 Å². The molecule has 0 aromatic carbocycles. The molecule has 2 rings (SSSR count). The highest BCUT2D eigenvalue weighted by Crippen LogP contribution is 2.26. The Hall–Kier alpha value is -1.64. The van der Waals surface area contributed by atoms with Crippen LogP contribution in [0, 0.1) is 0 Å². The zero-order valence-corrected chi connectivity index (χ0v) is 11.5. The van der Waals surface area contributed by atoms with Crippen molar-refractivity contribution >= 4 is 11.5 Å². The number of esters is 1. The first kappa shape index (κ1) is 13.8. The van der Waals surface area contributed by atoms with Crippen LogP contribution >= 0.6 is 0 Å². The fourth-order valence-electron chi connectivity index (χ4n) is 2.42. The van der Waals surface area contributed by atoms with Crippen LogP contribution in [0.4, 0.5) is 0 Å². The second-order valence-corrected chi connectivity index (χ2v) is 4.89. The van der Waals surface area contributed by atoms with Gasteiger partial charge in [0.15, 0.2) is 0 Å². The Morgan fingerprint density at radius 3 is 3.05 bits per heavy atom. The third-order valence-corrected chi connectivity index (χ3v) is 3.36. The van der Waals surface area contributed by atoms with Crippen LogP contribution < -0.4 is 0 Å². The van der Waals surface area contributed by atoms with Crippen molar-refractivity contribution in [2.24, 2.45) is 0 Å². The monoisotopic (exact) mass is 259 g/mol. The van der Waals surface area contributed by atoms with Crippen LogP contribution in [-0.4, -0.2) is 17.6 Å². The molecule has 0 amide bonds. The van der Waals surface area contributed by atoms with E-state index in [0.29, 0.717) is 13.0 Å². The lowest BCUT2D eigenvalue weighted by Crippen LogP contribution is -2.08. The summed E-state index contributed by atoms with van der Waals surface area (Å²) < 4.78 is 4.97. The molecule has 0 spiro atoms. The number of pyridine rings is 1. The van der Waals surface area contributed by atoms with Gasteiger partial charge in [0.05, 0.1) is 13.0 Å². The molecule has 1 heterocycles. The van der Waals surface area contributed by atoms with Crippen molar-refractivity contribution in [3.8, 4) is 0 Å². The number of allylic oxidation sites excluding steroid dienone is 2. The van der Waals surface area contributed by atoms with Gasteiger partial charge in [0.1, 0.15) is 0 Å². The summed E-state index contributed by atoms with van der Waals surface area (Å²) in [5, 5.41) is 0. The summed E-state index contributed by atoms with van der Waals surface area (Å²) in [5.74, 6) is -0.184. The molecule has 3 nitrogen and oxygen atoms in total. The van der Waals surface area contributed by atoms with E-state index in [-0.39, 0.29) is 5.97 Å². The highest BCUT2D eigenvalue weighted by atomic mass is 16.5. The van der Waals surface area contributed by atoms with E-state index in [9.17, 15) is 4.79 Å². The number of hydrogen-bond acceptors (Lipinski definition) is 3. The largest absolute Gasteiger partial charge is 0.466 e. The van der Waals surface area contributed by atoms with Gasteiger partial charge in [-0.25, -0.2) is 0 Å². The summed E-state index contributed by atoms with van der Waals surface area (Å²) in [5.41, 5.74) is 3.46. The Kier molecular flexibility index (Phi) is 5.13. The van der Waals surface area contributed by atoms with Gasteiger partial charge in [-0.3, -0.25) is 9.78 Å². The van der Waals surface area contributed by atoms with Gasteiger partial charge in [0, 0.05) is 12.4 Å². The summed E-state index contributed by atoms with van der Waals surface area (Å²) >= 11 is 0. The van der Waals surface area contributed by atoms with Crippen LogP contribution in [0.1, 0.15) is 50.2 Å². The molecule has 0 unspecified atom stereocenters. The number of aromatic nitrogens is 1. The molecule has 102 valence electrons. The first-order valence-corrected chi connectivity index (χ1v) is 7.08. The Balaban J connectivity index is 2.10. The minimum Gasteiger partial charge on any atom is -0.466 e. The summed E-state index contributed by atoms with van der Waals surface area (Å²) in [6.45, 7) is 2.25. The van der Waals surface area contributed by atoms with Crippen LogP contribution in [0.15, 0.2) is 24.5 Å². The molecule has 1 aliphatic carbocycles. The van der Waals surface area contributed by atoms with E-state index in [0.717, 1.165) is 24.0 Å². The van der Waals surface area contributed by atoms with Gasteiger partial charge in [-0.15, -0.1) is 0 Å². The van der Waals surface area contributed by atoms with E-state index in [2.05, 4.69) is 17.1 Å². The highest BCUT2D eigenvalue weighted by molar-refractivity contribution is 5.73. The lowest BCUT2D eigenvalue weighted by Gasteiger charge is -2.07. The second kappa shape index (κ2) is 7.07. The van der Waals surface area contributed by atoms with Crippen molar-refractivity contribution in [2.45, 2.75) is 45.4 Å². The van der Waals surface area contributed by atoms with Crippen LogP contribution in [-0.2, 0) is 16.0 Å². The minimum absolute atomic E-state index is 0.184. The smallest absolute Gasteiger partial charge is 0.310 e. The number of carbonyl (C=O) groups excluding carboxylic acids is 1. The summed E-state index contributed by atoms with van der Waals surface area (Å²) in [4.78, 5) is 15.7. The first-order chi connectivity index (χ1) is 9.29. The topological polar surface area (TPSA) is 39.2 Å². The molecular weight excluding hydrogens is 238 g/mol. The molecule has 1 aromatic heterocycles. The lowest BCUT2D eigenvalue weighted by atomic mass is 10.0. The van der Waals surface area contributed by atoms with Crippen molar-refractivity contribution in [3.05, 3.63) is 35.7 Å². The van der Waals surface area contributed by atoms with Gasteiger partial charge in [-0.1, -0.05) is 12.5 Å². The van der Waals surface area contributed by atoms with Gasteiger partial charge in [0.25, 0.3) is 0 Å². The predicted octanol–water partition coefficient (Wildman–Crippen LogP) is 3.53. The standard InChI is InChI=1S/C16H21NO2/c1-2-19-16(18)10-13-9-15(12-17-11-13)14-7-5-3-4-6-8-14/h7,9,11-12H,2-6,8,10H2,1H3. The molecule has 0 aliphatic heterocycles. The zero-order chi connectivity index (χ0) is 13.5. The van der Waals surface area contributed by atoms with E-state index >= 15 is 0 Å². The Morgan fingerprint density at radius 2 is 2.21 bits per heavy atom. The lowest BCUT2D eigenvalue weighted by molar-refractivity contribution is -0.142. The Bertz CT molecular complexity index is 466. The van der Waals surface area contributed by atoms with Crippen molar-refractivity contribution in [2.75, 3.05) is 6.61 Å². The molecule has 3 heteroatoms. The van der Waals surface area contributed by atoms with Gasteiger partial charge in [0.2, 0.25) is 0 Å². The third kappa shape index (κ3) is 4.19. The predicted molar refractivity (Wildman–Crippen MR) is 75.6 cm³/mol. The summed E-state index contributed by atoms with van der Waals surface area (Å²) in [6.07, 6.45) is 12.4. The number of hydrogen-bond donors (Lipinski definition) is 0. The number of carbonyl (C=O) groups is 1. The fourth-order valence-corrected chi connectivity index (χ4v) is 2.42. The molecule has 0 radical (unpaired) electrons. The first-order valence-electron chi connectivity index (χ1n) is 7.08. The summed E-state index contributed by atoms with van der Waals surface area (Å²) in [6, 6.07) is 2.07. The highest BCUT2D eigenvalue weighted by Gasteiger charge is 2.09. The maximum absolute atomic E-state index is 11.5. The molecule has 0 saturated heterocycles. The third-order valence-electron chi connectivity index (χ3n) is 3.36. The van der Waals surface area contributed by atoms with Crippen LogP contribution in [0.5, 0.6) is 0 Å². The van der Waals surface area contributed by atoms with Gasteiger partial charge >= 0.3 is 5.97 Å². The Morgan fingerprint density at radius 1 is 1.32 bits per heavy atom. The van der Waals surface area contributed by atoms with Crippen molar-refractivity contribution in [1.82, 2.24) is 4.98 Å². The average molecular weight is 259 g/mol. The number of nitrogens with zero attached hydrogens (tertiary/aromatic N) is 1. The maximum atomic E-state index is 11.5. The van der Waals surface area contributed by atoms with E-state index in [1.54, 1.807) is 6.20 Å². The van der Waals surface area contributed by atoms with E-state index in [1.807, 2.05) is 13.1 Å². The quantitative estimate of drug-likeness (QED) is 0.776. The van der Waals surface area contributed by atoms with E-state index in [4.69, 9.17) is 4.74 Å². The van der Waals surface area contributed by atoms with Crippen LogP contribution in [0.25, 0.3) is 5.57 Å². The molecule has 0 N–H and O–H groups in total. The normalized spacial score (nSPS) is 15.5. The SMILES string of the molecule is CCOC(=O)Cc1cncc(C2=CCCCCC2)c1. The zero-order valence-electron chi connectivity index (χ0n) is 11.5. The molecule has 1 aliphatic rings. The van der Waals surface area contributed by atoms with Gasteiger partial charge < -0.3 is 4.74 Å². The number of ether oxygens (including phenoxy) is 1. The minimum atomic E-state index is -0.184. The van der Waals surface area contributed by atoms with Crippen LogP contribution in [0.3, 0.4) is 0 Å². The maximum Gasteiger partial charge on any atom is 0.310 e.